The molecule has 1 aromatic heterocycles. The van der Waals surface area contributed by atoms with Crippen molar-refractivity contribution in [1.82, 2.24) is 25.8 Å². The standard InChI is InChI=1S/C21H25FN6O/c1-4-23-21(27-14(2)16-8-9-19(29-3)18(22)11-16)24-12-15-6-5-7-17(10-15)20-25-13-26-28-20/h5-11,13-14H,4,12H2,1-3H3,(H2,23,24,27)(H,25,26,28). The third kappa shape index (κ3) is 5.31. The van der Waals surface area contributed by atoms with Crippen LogP contribution < -0.4 is 15.4 Å². The fourth-order valence-corrected chi connectivity index (χ4v) is 2.89. The van der Waals surface area contributed by atoms with Crippen molar-refractivity contribution in [2.45, 2.75) is 26.4 Å². The highest BCUT2D eigenvalue weighted by atomic mass is 19.1. The highest BCUT2D eigenvalue weighted by molar-refractivity contribution is 5.80. The smallest absolute Gasteiger partial charge is 0.192 e. The van der Waals surface area contributed by atoms with Crippen molar-refractivity contribution in [2.75, 3.05) is 13.7 Å². The van der Waals surface area contributed by atoms with E-state index in [0.29, 0.717) is 19.0 Å². The molecule has 0 bridgehead atoms. The Morgan fingerprint density at radius 2 is 2.14 bits per heavy atom. The second kappa shape index (κ2) is 9.68. The van der Waals surface area contributed by atoms with E-state index in [0.717, 1.165) is 22.5 Å². The fourth-order valence-electron chi connectivity index (χ4n) is 2.89. The number of methoxy groups -OCH3 is 1. The van der Waals surface area contributed by atoms with Crippen LogP contribution in [-0.2, 0) is 6.54 Å². The van der Waals surface area contributed by atoms with Gasteiger partial charge in [-0.1, -0.05) is 24.3 Å². The molecule has 3 N–H and O–H groups in total. The Bertz CT molecular complexity index is 958. The summed E-state index contributed by atoms with van der Waals surface area (Å²) in [6.07, 6.45) is 1.48. The molecule has 0 radical (unpaired) electrons. The number of H-pyrrole nitrogens is 1. The lowest BCUT2D eigenvalue weighted by Crippen LogP contribution is -2.38. The van der Waals surface area contributed by atoms with Crippen molar-refractivity contribution in [1.29, 1.82) is 0 Å². The monoisotopic (exact) mass is 396 g/mol. The molecule has 0 saturated heterocycles. The average Bonchev–Trinajstić information content (AvgIpc) is 3.27. The molecule has 1 atom stereocenters. The van der Waals surface area contributed by atoms with Gasteiger partial charge in [-0.25, -0.2) is 14.4 Å². The lowest BCUT2D eigenvalue weighted by molar-refractivity contribution is 0.386. The highest BCUT2D eigenvalue weighted by Gasteiger charge is 2.11. The van der Waals surface area contributed by atoms with Gasteiger partial charge in [-0.2, -0.15) is 5.10 Å². The normalized spacial score (nSPS) is 12.5. The topological polar surface area (TPSA) is 87.2 Å². The Labute approximate surface area is 169 Å². The molecule has 3 rings (SSSR count). The van der Waals surface area contributed by atoms with Gasteiger partial charge in [0, 0.05) is 12.1 Å². The van der Waals surface area contributed by atoms with Gasteiger partial charge in [0.2, 0.25) is 0 Å². The number of ether oxygens (including phenoxy) is 1. The van der Waals surface area contributed by atoms with Crippen molar-refractivity contribution in [2.24, 2.45) is 4.99 Å². The molecule has 3 aromatic rings. The number of hydrogen-bond donors (Lipinski definition) is 3. The molecule has 0 aliphatic heterocycles. The van der Waals surface area contributed by atoms with Crippen LogP contribution >= 0.6 is 0 Å². The zero-order valence-corrected chi connectivity index (χ0v) is 16.7. The first-order valence-electron chi connectivity index (χ1n) is 9.43. The zero-order valence-electron chi connectivity index (χ0n) is 16.7. The van der Waals surface area contributed by atoms with Crippen LogP contribution in [0.25, 0.3) is 11.4 Å². The highest BCUT2D eigenvalue weighted by Crippen LogP contribution is 2.21. The predicted octanol–water partition coefficient (Wildman–Crippen LogP) is 3.44. The minimum absolute atomic E-state index is 0.131. The molecule has 29 heavy (non-hydrogen) atoms. The van der Waals surface area contributed by atoms with Gasteiger partial charge in [0.1, 0.15) is 6.33 Å². The van der Waals surface area contributed by atoms with Crippen LogP contribution in [0.15, 0.2) is 53.8 Å². The van der Waals surface area contributed by atoms with Gasteiger partial charge in [-0.05, 0) is 43.2 Å². The SMILES string of the molecule is CCNC(=NCc1cccc(-c2ncn[nH]2)c1)NC(C)c1ccc(OC)c(F)c1. The lowest BCUT2D eigenvalue weighted by Gasteiger charge is -2.18. The van der Waals surface area contributed by atoms with Crippen LogP contribution in [0.4, 0.5) is 4.39 Å². The number of guanidine groups is 1. The maximum Gasteiger partial charge on any atom is 0.192 e. The number of aliphatic imine (C=N–C) groups is 1. The number of aromatic amines is 1. The van der Waals surface area contributed by atoms with Crippen LogP contribution in [0.5, 0.6) is 5.75 Å². The molecular weight excluding hydrogens is 371 g/mol. The summed E-state index contributed by atoms with van der Waals surface area (Å²) in [5.41, 5.74) is 2.80. The summed E-state index contributed by atoms with van der Waals surface area (Å²) in [4.78, 5) is 8.84. The molecule has 0 fully saturated rings. The molecule has 1 heterocycles. The van der Waals surface area contributed by atoms with Gasteiger partial charge < -0.3 is 15.4 Å². The molecular formula is C21H25FN6O. The van der Waals surface area contributed by atoms with Crippen LogP contribution in [0.2, 0.25) is 0 Å². The van der Waals surface area contributed by atoms with Gasteiger partial charge in [0.05, 0.1) is 19.7 Å². The molecule has 0 spiro atoms. The summed E-state index contributed by atoms with van der Waals surface area (Å²) in [6.45, 7) is 5.16. The van der Waals surface area contributed by atoms with Gasteiger partial charge in [-0.3, -0.25) is 5.10 Å². The van der Waals surface area contributed by atoms with Crippen molar-refractivity contribution in [3.05, 3.63) is 65.7 Å². The van der Waals surface area contributed by atoms with E-state index in [1.807, 2.05) is 44.2 Å². The summed E-state index contributed by atoms with van der Waals surface area (Å²) in [5.74, 6) is 1.22. The molecule has 0 aliphatic rings. The number of benzene rings is 2. The lowest BCUT2D eigenvalue weighted by atomic mass is 10.1. The number of nitrogens with zero attached hydrogens (tertiary/aromatic N) is 3. The van der Waals surface area contributed by atoms with E-state index >= 15 is 0 Å². The zero-order chi connectivity index (χ0) is 20.6. The molecule has 8 heteroatoms. The second-order valence-electron chi connectivity index (χ2n) is 6.49. The minimum Gasteiger partial charge on any atom is -0.494 e. The summed E-state index contributed by atoms with van der Waals surface area (Å²) in [6, 6.07) is 12.8. The quantitative estimate of drug-likeness (QED) is 0.421. The number of aromatic nitrogens is 3. The maximum atomic E-state index is 14.0. The van der Waals surface area contributed by atoms with E-state index in [2.05, 4.69) is 30.8 Å². The Morgan fingerprint density at radius 3 is 2.83 bits per heavy atom. The summed E-state index contributed by atoms with van der Waals surface area (Å²) < 4.78 is 19.0. The molecule has 2 aromatic carbocycles. The van der Waals surface area contributed by atoms with Gasteiger partial charge in [0.25, 0.3) is 0 Å². The number of halogens is 1. The average molecular weight is 396 g/mol. The fraction of sp³-hybridized carbons (Fsp3) is 0.286. The second-order valence-corrected chi connectivity index (χ2v) is 6.49. The van der Waals surface area contributed by atoms with E-state index < -0.39 is 0 Å². The summed E-state index contributed by atoms with van der Waals surface area (Å²) in [7, 11) is 1.45. The first-order valence-corrected chi connectivity index (χ1v) is 9.43. The Morgan fingerprint density at radius 1 is 1.28 bits per heavy atom. The first kappa shape index (κ1) is 20.3. The third-order valence-corrected chi connectivity index (χ3v) is 4.41. The maximum absolute atomic E-state index is 14.0. The van der Waals surface area contributed by atoms with E-state index in [4.69, 9.17) is 4.74 Å². The molecule has 152 valence electrons. The Kier molecular flexibility index (Phi) is 6.78. The van der Waals surface area contributed by atoms with E-state index in [1.165, 1.54) is 19.5 Å². The number of hydrogen-bond acceptors (Lipinski definition) is 4. The van der Waals surface area contributed by atoms with Crippen molar-refractivity contribution in [3.8, 4) is 17.1 Å². The van der Waals surface area contributed by atoms with Gasteiger partial charge in [0.15, 0.2) is 23.4 Å². The third-order valence-electron chi connectivity index (χ3n) is 4.41. The molecule has 0 aliphatic carbocycles. The largest absolute Gasteiger partial charge is 0.494 e. The molecule has 0 saturated carbocycles. The molecule has 1 unspecified atom stereocenters. The minimum atomic E-state index is -0.384. The first-order chi connectivity index (χ1) is 14.1. The van der Waals surface area contributed by atoms with Crippen LogP contribution in [0, 0.1) is 5.82 Å². The van der Waals surface area contributed by atoms with E-state index in [9.17, 15) is 4.39 Å². The number of rotatable bonds is 7. The van der Waals surface area contributed by atoms with Crippen LogP contribution in [0.1, 0.15) is 31.0 Å². The molecule has 0 amide bonds. The van der Waals surface area contributed by atoms with Crippen molar-refractivity contribution >= 4 is 5.96 Å². The van der Waals surface area contributed by atoms with Gasteiger partial charge in [-0.15, -0.1) is 0 Å². The molecule has 7 nitrogen and oxygen atoms in total. The van der Waals surface area contributed by atoms with Crippen LogP contribution in [-0.4, -0.2) is 34.8 Å². The van der Waals surface area contributed by atoms with E-state index in [1.54, 1.807) is 6.07 Å². The van der Waals surface area contributed by atoms with Crippen molar-refractivity contribution < 1.29 is 9.13 Å². The number of nitrogens with one attached hydrogen (secondary N) is 3. The Hall–Kier alpha value is -3.42. The predicted molar refractivity (Wildman–Crippen MR) is 111 cm³/mol. The van der Waals surface area contributed by atoms with Crippen LogP contribution in [0.3, 0.4) is 0 Å². The Balaban J connectivity index is 1.71. The van der Waals surface area contributed by atoms with E-state index in [-0.39, 0.29) is 17.6 Å². The summed E-state index contributed by atoms with van der Waals surface area (Å²) in [5, 5.41) is 13.3. The van der Waals surface area contributed by atoms with Gasteiger partial charge >= 0.3 is 0 Å². The van der Waals surface area contributed by atoms with Crippen molar-refractivity contribution in [3.63, 3.8) is 0 Å². The summed E-state index contributed by atoms with van der Waals surface area (Å²) >= 11 is 0.